The van der Waals surface area contributed by atoms with Gasteiger partial charge in [-0.25, -0.2) is 4.98 Å². The maximum absolute atomic E-state index is 12.1. The quantitative estimate of drug-likeness (QED) is 0.917. The molecule has 0 saturated heterocycles. The number of aromatic nitrogens is 2. The smallest absolute Gasteiger partial charge is 0.254 e. The monoisotopic (exact) mass is 325 g/mol. The molecule has 0 bridgehead atoms. The average molecular weight is 325 g/mol. The molecule has 24 heavy (non-hydrogen) atoms. The number of rotatable bonds is 2. The number of aromatic amines is 1. The molecular weight excluding hydrogens is 302 g/mol. The molecule has 1 aromatic carbocycles. The minimum Gasteiger partial charge on any atom is -0.490 e. The number of nitrogens with zero attached hydrogens (tertiary/aromatic N) is 2. The number of ether oxygens (including phenoxy) is 1. The summed E-state index contributed by atoms with van der Waals surface area (Å²) in [5.41, 5.74) is 4.49. The van der Waals surface area contributed by atoms with Crippen LogP contribution >= 0.6 is 0 Å². The Kier molecular flexibility index (Phi) is 3.88. The number of H-pyrrole nitrogens is 1. The molecule has 2 aliphatic heterocycles. The van der Waals surface area contributed by atoms with Crippen molar-refractivity contribution in [3.8, 4) is 5.75 Å². The third-order valence-electron chi connectivity index (χ3n) is 4.93. The van der Waals surface area contributed by atoms with Crippen LogP contribution in [0.4, 0.5) is 0 Å². The second-order valence-electron chi connectivity index (χ2n) is 6.93. The molecule has 2 aliphatic rings. The highest BCUT2D eigenvalue weighted by Gasteiger charge is 2.21. The summed E-state index contributed by atoms with van der Waals surface area (Å²) in [5, 5.41) is 0. The summed E-state index contributed by atoms with van der Waals surface area (Å²) in [6, 6.07) is 6.52. The maximum atomic E-state index is 12.1. The van der Waals surface area contributed by atoms with E-state index in [2.05, 4.69) is 40.0 Å². The lowest BCUT2D eigenvalue weighted by atomic mass is 10.1. The van der Waals surface area contributed by atoms with E-state index >= 15 is 0 Å². The van der Waals surface area contributed by atoms with Gasteiger partial charge in [-0.05, 0) is 37.5 Å². The first-order valence-electron chi connectivity index (χ1n) is 8.68. The van der Waals surface area contributed by atoms with Gasteiger partial charge in [-0.1, -0.05) is 12.1 Å². The summed E-state index contributed by atoms with van der Waals surface area (Å²) in [7, 11) is 0. The lowest BCUT2D eigenvalue weighted by Gasteiger charge is -2.19. The molecule has 1 N–H and O–H groups in total. The zero-order valence-electron chi connectivity index (χ0n) is 14.3. The summed E-state index contributed by atoms with van der Waals surface area (Å²) in [6.45, 7) is 6.69. The number of fused-ring (bicyclic) bond motifs is 2. The Morgan fingerprint density at radius 3 is 3.04 bits per heavy atom. The molecule has 3 heterocycles. The molecule has 0 amide bonds. The normalized spacial score (nSPS) is 20.2. The van der Waals surface area contributed by atoms with E-state index in [4.69, 9.17) is 4.74 Å². The standard InChI is InChI=1S/C19H23N3O2/c1-12-9-15-10-14(3-4-18(15)24-12)11-22-7-5-16-17(6-8-22)20-13(2)21-19(16)23/h3-4,10,12H,5-9,11H2,1-2H3,(H,20,21,23)/t12-/m1/s1. The highest BCUT2D eigenvalue weighted by atomic mass is 16.5. The van der Waals surface area contributed by atoms with Gasteiger partial charge in [0, 0.05) is 38.0 Å². The Morgan fingerprint density at radius 2 is 2.17 bits per heavy atom. The van der Waals surface area contributed by atoms with Crippen molar-refractivity contribution < 1.29 is 4.74 Å². The van der Waals surface area contributed by atoms with Crippen molar-refractivity contribution in [1.29, 1.82) is 0 Å². The Hall–Kier alpha value is -2.14. The fourth-order valence-corrected chi connectivity index (χ4v) is 3.77. The van der Waals surface area contributed by atoms with Gasteiger partial charge >= 0.3 is 0 Å². The van der Waals surface area contributed by atoms with Gasteiger partial charge in [-0.15, -0.1) is 0 Å². The summed E-state index contributed by atoms with van der Waals surface area (Å²) in [4.78, 5) is 21.9. The summed E-state index contributed by atoms with van der Waals surface area (Å²) < 4.78 is 5.78. The number of benzene rings is 1. The first kappa shape index (κ1) is 15.4. The van der Waals surface area contributed by atoms with E-state index in [-0.39, 0.29) is 11.7 Å². The molecule has 126 valence electrons. The molecule has 4 rings (SSSR count). The van der Waals surface area contributed by atoms with Crippen LogP contribution in [-0.2, 0) is 25.8 Å². The van der Waals surface area contributed by atoms with Crippen LogP contribution in [-0.4, -0.2) is 34.1 Å². The molecule has 0 aliphatic carbocycles. The Morgan fingerprint density at radius 1 is 1.33 bits per heavy atom. The van der Waals surface area contributed by atoms with Gasteiger partial charge in [-0.3, -0.25) is 9.69 Å². The van der Waals surface area contributed by atoms with Crippen LogP contribution < -0.4 is 10.3 Å². The van der Waals surface area contributed by atoms with E-state index in [1.54, 1.807) is 0 Å². The van der Waals surface area contributed by atoms with Gasteiger partial charge in [0.25, 0.3) is 5.56 Å². The third-order valence-corrected chi connectivity index (χ3v) is 4.93. The van der Waals surface area contributed by atoms with Gasteiger partial charge in [0.2, 0.25) is 0 Å². The van der Waals surface area contributed by atoms with E-state index in [9.17, 15) is 4.79 Å². The topological polar surface area (TPSA) is 58.2 Å². The van der Waals surface area contributed by atoms with Gasteiger partial charge in [0.15, 0.2) is 0 Å². The molecule has 1 aromatic heterocycles. The highest BCUT2D eigenvalue weighted by molar-refractivity contribution is 5.40. The first-order chi connectivity index (χ1) is 11.6. The van der Waals surface area contributed by atoms with Crippen LogP contribution in [0.25, 0.3) is 0 Å². The molecule has 0 spiro atoms. The van der Waals surface area contributed by atoms with E-state index in [1.165, 1.54) is 11.1 Å². The largest absolute Gasteiger partial charge is 0.490 e. The van der Waals surface area contributed by atoms with E-state index in [0.717, 1.165) is 55.9 Å². The number of hydrogen-bond acceptors (Lipinski definition) is 4. The average Bonchev–Trinajstić information content (AvgIpc) is 2.77. The van der Waals surface area contributed by atoms with Crippen LogP contribution in [0.15, 0.2) is 23.0 Å². The van der Waals surface area contributed by atoms with Crippen molar-refractivity contribution in [1.82, 2.24) is 14.9 Å². The van der Waals surface area contributed by atoms with E-state index in [0.29, 0.717) is 5.82 Å². The van der Waals surface area contributed by atoms with Crippen LogP contribution in [0.1, 0.15) is 35.1 Å². The zero-order chi connectivity index (χ0) is 16.7. The second-order valence-corrected chi connectivity index (χ2v) is 6.93. The van der Waals surface area contributed by atoms with Crippen LogP contribution in [0, 0.1) is 6.92 Å². The number of hydrogen-bond donors (Lipinski definition) is 1. The van der Waals surface area contributed by atoms with Crippen molar-refractivity contribution in [3.05, 3.63) is 56.8 Å². The van der Waals surface area contributed by atoms with Gasteiger partial charge < -0.3 is 9.72 Å². The Labute approximate surface area is 141 Å². The van der Waals surface area contributed by atoms with Crippen molar-refractivity contribution in [2.24, 2.45) is 0 Å². The maximum Gasteiger partial charge on any atom is 0.254 e. The molecule has 0 fully saturated rings. The molecule has 1 atom stereocenters. The van der Waals surface area contributed by atoms with Crippen LogP contribution in [0.5, 0.6) is 5.75 Å². The fraction of sp³-hybridized carbons (Fsp3) is 0.474. The van der Waals surface area contributed by atoms with Crippen LogP contribution in [0.3, 0.4) is 0 Å². The van der Waals surface area contributed by atoms with Crippen molar-refractivity contribution in [3.63, 3.8) is 0 Å². The van der Waals surface area contributed by atoms with Crippen molar-refractivity contribution in [2.45, 2.75) is 45.8 Å². The van der Waals surface area contributed by atoms with Gasteiger partial charge in [-0.2, -0.15) is 0 Å². The first-order valence-corrected chi connectivity index (χ1v) is 8.68. The molecule has 0 saturated carbocycles. The lowest BCUT2D eigenvalue weighted by molar-refractivity contribution is 0.254. The third kappa shape index (κ3) is 2.96. The fourth-order valence-electron chi connectivity index (χ4n) is 3.77. The molecule has 5 heteroatoms. The van der Waals surface area contributed by atoms with Gasteiger partial charge in [0.05, 0.1) is 5.69 Å². The Bertz CT molecular complexity index is 828. The van der Waals surface area contributed by atoms with E-state index < -0.39 is 0 Å². The zero-order valence-corrected chi connectivity index (χ0v) is 14.3. The van der Waals surface area contributed by atoms with Gasteiger partial charge in [0.1, 0.15) is 17.7 Å². The number of nitrogens with one attached hydrogen (secondary N) is 1. The minimum atomic E-state index is 0.0306. The SMILES string of the molecule is Cc1nc2c(c(=O)[nH]1)CCN(Cc1ccc3c(c1)C[C@@H](C)O3)CC2. The molecule has 0 unspecified atom stereocenters. The van der Waals surface area contributed by atoms with Crippen molar-refractivity contribution >= 4 is 0 Å². The molecule has 2 aromatic rings. The van der Waals surface area contributed by atoms with E-state index in [1.807, 2.05) is 6.92 Å². The summed E-state index contributed by atoms with van der Waals surface area (Å²) >= 11 is 0. The highest BCUT2D eigenvalue weighted by Crippen LogP contribution is 2.29. The van der Waals surface area contributed by atoms with Crippen LogP contribution in [0.2, 0.25) is 0 Å². The predicted molar refractivity (Wildman–Crippen MR) is 92.5 cm³/mol. The lowest BCUT2D eigenvalue weighted by Crippen LogP contribution is -2.26. The predicted octanol–water partition coefficient (Wildman–Crippen LogP) is 2.00. The molecule has 5 nitrogen and oxygen atoms in total. The second kappa shape index (κ2) is 6.06. The molecular formula is C19H23N3O2. The minimum absolute atomic E-state index is 0.0306. The number of aryl methyl sites for hydroxylation is 1. The molecule has 0 radical (unpaired) electrons. The summed E-state index contributed by atoms with van der Waals surface area (Å²) in [5.74, 6) is 1.74. The Balaban J connectivity index is 1.49. The summed E-state index contributed by atoms with van der Waals surface area (Å²) in [6.07, 6.45) is 2.88. The van der Waals surface area contributed by atoms with Crippen molar-refractivity contribution in [2.75, 3.05) is 13.1 Å².